The van der Waals surface area contributed by atoms with Gasteiger partial charge in [0.2, 0.25) is 5.91 Å². The molecule has 1 aromatic carbocycles. The highest BCUT2D eigenvalue weighted by atomic mass is 79.9. The summed E-state index contributed by atoms with van der Waals surface area (Å²) in [5.41, 5.74) is 5.48. The number of carbonyl (C=O) groups is 2. The molecule has 2 rings (SSSR count). The van der Waals surface area contributed by atoms with Gasteiger partial charge >= 0.3 is 0 Å². The molecule has 0 radical (unpaired) electrons. The van der Waals surface area contributed by atoms with Crippen molar-refractivity contribution in [2.75, 3.05) is 18.4 Å². The van der Waals surface area contributed by atoms with Gasteiger partial charge in [-0.1, -0.05) is 15.9 Å². The van der Waals surface area contributed by atoms with Crippen LogP contribution >= 0.6 is 15.9 Å². The van der Waals surface area contributed by atoms with E-state index in [1.54, 1.807) is 6.07 Å². The molecule has 0 saturated carbocycles. The van der Waals surface area contributed by atoms with E-state index in [9.17, 15) is 14.0 Å². The number of primary amides is 1. The van der Waals surface area contributed by atoms with Crippen molar-refractivity contribution in [2.45, 2.75) is 25.8 Å². The number of anilines is 1. The molecule has 0 bridgehead atoms. The molecular weight excluding hydrogens is 353 g/mol. The first-order valence-corrected chi connectivity index (χ1v) is 8.07. The Morgan fingerprint density at radius 2 is 2.05 bits per heavy atom. The number of piperidine rings is 1. The molecule has 1 aliphatic heterocycles. The van der Waals surface area contributed by atoms with E-state index < -0.39 is 5.82 Å². The normalized spacial score (nSPS) is 22.9. The first-order valence-electron chi connectivity index (χ1n) is 7.28. The molecule has 1 fully saturated rings. The second-order valence-corrected chi connectivity index (χ2v) is 6.59. The Balaban J connectivity index is 1.94. The van der Waals surface area contributed by atoms with Crippen LogP contribution < -0.4 is 16.0 Å². The summed E-state index contributed by atoms with van der Waals surface area (Å²) >= 11 is 3.18. The lowest BCUT2D eigenvalue weighted by Gasteiger charge is -2.31. The minimum Gasteiger partial charge on any atom is -0.369 e. The lowest BCUT2D eigenvalue weighted by molar-refractivity contribution is -0.919. The van der Waals surface area contributed by atoms with Crippen molar-refractivity contribution in [3.63, 3.8) is 0 Å². The van der Waals surface area contributed by atoms with Crippen LogP contribution in [-0.2, 0) is 9.59 Å². The van der Waals surface area contributed by atoms with E-state index in [-0.39, 0.29) is 29.5 Å². The summed E-state index contributed by atoms with van der Waals surface area (Å²) in [6.45, 7) is 3.24. The van der Waals surface area contributed by atoms with Crippen LogP contribution in [0.25, 0.3) is 0 Å². The van der Waals surface area contributed by atoms with Gasteiger partial charge < -0.3 is 16.0 Å². The Morgan fingerprint density at radius 3 is 2.59 bits per heavy atom. The number of amides is 2. The molecule has 1 aliphatic rings. The van der Waals surface area contributed by atoms with Gasteiger partial charge in [-0.05, 0) is 25.1 Å². The van der Waals surface area contributed by atoms with Gasteiger partial charge in [-0.2, -0.15) is 0 Å². The van der Waals surface area contributed by atoms with Crippen molar-refractivity contribution < 1.29 is 18.9 Å². The van der Waals surface area contributed by atoms with Gasteiger partial charge in [-0.15, -0.1) is 0 Å². The topological polar surface area (TPSA) is 76.6 Å². The number of quaternary nitrogens is 1. The molecule has 4 N–H and O–H groups in total. The summed E-state index contributed by atoms with van der Waals surface area (Å²) in [5, 5.41) is 2.62. The number of likely N-dealkylation sites (tertiary alicyclic amines) is 1. The SMILES string of the molecule is C[C@@H](C(=O)Nc1ccc(Br)cc1F)[NH+]1CCC(C(N)=O)CC1. The summed E-state index contributed by atoms with van der Waals surface area (Å²) in [4.78, 5) is 24.5. The van der Waals surface area contributed by atoms with E-state index in [1.165, 1.54) is 12.1 Å². The number of hydrogen-bond acceptors (Lipinski definition) is 2. The average molecular weight is 373 g/mol. The molecule has 22 heavy (non-hydrogen) atoms. The summed E-state index contributed by atoms with van der Waals surface area (Å²) in [6.07, 6.45) is 1.38. The Kier molecular flexibility index (Phi) is 5.52. The molecule has 2 amide bonds. The standard InChI is InChI=1S/C15H19BrFN3O2/c1-9(20-6-4-10(5-7-20)14(18)21)15(22)19-13-3-2-11(16)8-12(13)17/h2-3,8-10H,4-7H2,1H3,(H2,18,21)(H,19,22)/p+1/t9-/m0/s1. The predicted molar refractivity (Wildman–Crippen MR) is 84.8 cm³/mol. The Hall–Kier alpha value is -1.47. The van der Waals surface area contributed by atoms with Crippen molar-refractivity contribution in [1.29, 1.82) is 0 Å². The van der Waals surface area contributed by atoms with Crippen molar-refractivity contribution in [3.8, 4) is 0 Å². The van der Waals surface area contributed by atoms with Crippen LogP contribution in [0.1, 0.15) is 19.8 Å². The van der Waals surface area contributed by atoms with Gasteiger partial charge in [0, 0.05) is 23.2 Å². The first kappa shape index (κ1) is 16.9. The molecule has 120 valence electrons. The Bertz CT molecular complexity index is 574. The minimum atomic E-state index is -0.475. The van der Waals surface area contributed by atoms with Crippen LogP contribution in [0.15, 0.2) is 22.7 Å². The molecule has 7 heteroatoms. The number of benzene rings is 1. The molecule has 5 nitrogen and oxygen atoms in total. The summed E-state index contributed by atoms with van der Waals surface area (Å²) in [5.74, 6) is -1.07. The summed E-state index contributed by atoms with van der Waals surface area (Å²) in [6, 6.07) is 4.20. The second kappa shape index (κ2) is 7.19. The van der Waals surface area contributed by atoms with E-state index in [2.05, 4.69) is 21.2 Å². The maximum atomic E-state index is 13.8. The van der Waals surface area contributed by atoms with Crippen LogP contribution in [-0.4, -0.2) is 30.9 Å². The second-order valence-electron chi connectivity index (χ2n) is 5.67. The van der Waals surface area contributed by atoms with Crippen LogP contribution in [0.2, 0.25) is 0 Å². The molecule has 1 heterocycles. The van der Waals surface area contributed by atoms with Gasteiger partial charge in [0.25, 0.3) is 5.91 Å². The smallest absolute Gasteiger partial charge is 0.282 e. The lowest BCUT2D eigenvalue weighted by atomic mass is 9.95. The third-order valence-corrected chi connectivity index (χ3v) is 4.72. The number of rotatable bonds is 4. The minimum absolute atomic E-state index is 0.0945. The van der Waals surface area contributed by atoms with Crippen molar-refractivity contribution in [2.24, 2.45) is 11.7 Å². The van der Waals surface area contributed by atoms with Gasteiger partial charge in [0.05, 0.1) is 18.8 Å². The predicted octanol–water partition coefficient (Wildman–Crippen LogP) is 0.695. The van der Waals surface area contributed by atoms with Crippen LogP contribution in [0.3, 0.4) is 0 Å². The Morgan fingerprint density at radius 1 is 1.41 bits per heavy atom. The number of hydrogen-bond donors (Lipinski definition) is 3. The quantitative estimate of drug-likeness (QED) is 0.727. The third kappa shape index (κ3) is 4.04. The largest absolute Gasteiger partial charge is 0.369 e. The Labute approximate surface area is 137 Å². The maximum absolute atomic E-state index is 13.8. The molecule has 1 saturated heterocycles. The number of carbonyl (C=O) groups excluding carboxylic acids is 2. The fraction of sp³-hybridized carbons (Fsp3) is 0.467. The zero-order valence-corrected chi connectivity index (χ0v) is 14.0. The van der Waals surface area contributed by atoms with Crippen LogP contribution in [0.4, 0.5) is 10.1 Å². The maximum Gasteiger partial charge on any atom is 0.282 e. The van der Waals surface area contributed by atoms with E-state index in [4.69, 9.17) is 5.73 Å². The van der Waals surface area contributed by atoms with Crippen LogP contribution in [0.5, 0.6) is 0 Å². The highest BCUT2D eigenvalue weighted by molar-refractivity contribution is 9.10. The fourth-order valence-corrected chi connectivity index (χ4v) is 3.06. The zero-order valence-electron chi connectivity index (χ0n) is 12.4. The van der Waals surface area contributed by atoms with E-state index in [1.807, 2.05) is 6.92 Å². The van der Waals surface area contributed by atoms with E-state index >= 15 is 0 Å². The summed E-state index contributed by atoms with van der Waals surface area (Å²) in [7, 11) is 0. The highest BCUT2D eigenvalue weighted by Crippen LogP contribution is 2.19. The van der Waals surface area contributed by atoms with Gasteiger partial charge in [-0.3, -0.25) is 9.59 Å². The number of halogens is 2. The lowest BCUT2D eigenvalue weighted by Crippen LogP contribution is -3.17. The van der Waals surface area contributed by atoms with Crippen molar-refractivity contribution in [3.05, 3.63) is 28.5 Å². The first-order chi connectivity index (χ1) is 10.4. The monoisotopic (exact) mass is 372 g/mol. The fourth-order valence-electron chi connectivity index (χ4n) is 2.72. The van der Waals surface area contributed by atoms with E-state index in [0.29, 0.717) is 30.4 Å². The van der Waals surface area contributed by atoms with Gasteiger partial charge in [0.1, 0.15) is 5.82 Å². The highest BCUT2D eigenvalue weighted by Gasteiger charge is 2.32. The molecule has 0 aliphatic carbocycles. The van der Waals surface area contributed by atoms with Crippen molar-refractivity contribution >= 4 is 33.4 Å². The summed E-state index contributed by atoms with van der Waals surface area (Å²) < 4.78 is 14.4. The third-order valence-electron chi connectivity index (χ3n) is 4.22. The van der Waals surface area contributed by atoms with Crippen molar-refractivity contribution in [1.82, 2.24) is 0 Å². The molecule has 1 aromatic rings. The zero-order chi connectivity index (χ0) is 16.3. The average Bonchev–Trinajstić information content (AvgIpc) is 2.49. The molecule has 0 unspecified atom stereocenters. The van der Waals surface area contributed by atoms with Gasteiger partial charge in [-0.25, -0.2) is 4.39 Å². The number of nitrogens with one attached hydrogen (secondary N) is 2. The van der Waals surface area contributed by atoms with Gasteiger partial charge in [0.15, 0.2) is 6.04 Å². The molecular formula is C15H20BrFN3O2+. The number of nitrogens with two attached hydrogens (primary N) is 1. The van der Waals surface area contributed by atoms with E-state index in [0.717, 1.165) is 4.90 Å². The molecule has 0 spiro atoms. The molecule has 1 atom stereocenters. The van der Waals surface area contributed by atoms with Crippen LogP contribution in [0, 0.1) is 11.7 Å². The molecule has 0 aromatic heterocycles.